The van der Waals surface area contributed by atoms with Gasteiger partial charge in [-0.25, -0.2) is 0 Å². The number of carbonyl (C=O) groups is 1. The third-order valence-corrected chi connectivity index (χ3v) is 2.80. The molecule has 1 heterocycles. The Labute approximate surface area is 103 Å². The molecule has 0 saturated carbocycles. The lowest BCUT2D eigenvalue weighted by atomic mass is 10.4. The Morgan fingerprint density at radius 3 is 2.71 bits per heavy atom. The van der Waals surface area contributed by atoms with Gasteiger partial charge in [0.05, 0.1) is 13.2 Å². The van der Waals surface area contributed by atoms with Gasteiger partial charge in [-0.3, -0.25) is 4.79 Å². The summed E-state index contributed by atoms with van der Waals surface area (Å²) in [6.45, 7) is 5.11. The second-order valence-corrected chi connectivity index (χ2v) is 4.22. The van der Waals surface area contributed by atoms with E-state index in [-0.39, 0.29) is 5.91 Å². The Morgan fingerprint density at radius 1 is 1.24 bits per heavy atom. The maximum atomic E-state index is 11.6. The summed E-state index contributed by atoms with van der Waals surface area (Å²) in [6, 6.07) is 0. The quantitative estimate of drug-likeness (QED) is 0.591. The van der Waals surface area contributed by atoms with Crippen LogP contribution in [0, 0.1) is 0 Å². The van der Waals surface area contributed by atoms with Gasteiger partial charge in [0.15, 0.2) is 0 Å². The molecule has 5 heteroatoms. The highest BCUT2D eigenvalue weighted by Crippen LogP contribution is 2.06. The molecule has 0 aliphatic carbocycles. The first-order valence-corrected chi connectivity index (χ1v) is 6.40. The van der Waals surface area contributed by atoms with Crippen LogP contribution >= 0.6 is 0 Å². The average molecular weight is 244 g/mol. The summed E-state index contributed by atoms with van der Waals surface area (Å²) in [5.41, 5.74) is 0. The summed E-state index contributed by atoms with van der Waals surface area (Å²) in [5.74, 6) is 0.210. The first-order chi connectivity index (χ1) is 8.34. The van der Waals surface area contributed by atoms with E-state index in [1.54, 1.807) is 7.11 Å². The largest absolute Gasteiger partial charge is 0.385 e. The minimum Gasteiger partial charge on any atom is -0.385 e. The third kappa shape index (κ3) is 6.61. The molecule has 1 N–H and O–H groups in total. The summed E-state index contributed by atoms with van der Waals surface area (Å²) in [6.07, 6.45) is 3.21. The number of carbonyl (C=O) groups excluding carboxylic acids is 1. The number of methoxy groups -OCH3 is 1. The molecule has 0 spiro atoms. The lowest BCUT2D eigenvalue weighted by molar-refractivity contribution is -0.129. The van der Waals surface area contributed by atoms with Crippen molar-refractivity contribution in [2.75, 3.05) is 53.1 Å². The van der Waals surface area contributed by atoms with E-state index in [2.05, 4.69) is 5.32 Å². The summed E-state index contributed by atoms with van der Waals surface area (Å²) in [4.78, 5) is 13.5. The van der Waals surface area contributed by atoms with Crippen LogP contribution in [0.3, 0.4) is 0 Å². The first kappa shape index (κ1) is 14.4. The molecule has 17 heavy (non-hydrogen) atoms. The predicted molar refractivity (Wildman–Crippen MR) is 66.0 cm³/mol. The molecule has 0 aromatic heterocycles. The van der Waals surface area contributed by atoms with Crippen molar-refractivity contribution in [3.63, 3.8) is 0 Å². The monoisotopic (exact) mass is 244 g/mol. The van der Waals surface area contributed by atoms with Gasteiger partial charge in [-0.2, -0.15) is 0 Å². The Hall–Kier alpha value is -0.650. The van der Waals surface area contributed by atoms with Crippen LogP contribution in [0.2, 0.25) is 0 Å². The molecule has 0 bridgehead atoms. The third-order valence-electron chi connectivity index (χ3n) is 2.80. The Kier molecular flexibility index (Phi) is 7.96. The van der Waals surface area contributed by atoms with Crippen LogP contribution in [0.1, 0.15) is 19.3 Å². The van der Waals surface area contributed by atoms with Crippen molar-refractivity contribution in [1.29, 1.82) is 0 Å². The van der Waals surface area contributed by atoms with Gasteiger partial charge in [-0.05, 0) is 19.3 Å². The van der Waals surface area contributed by atoms with Crippen molar-refractivity contribution in [2.24, 2.45) is 0 Å². The maximum Gasteiger partial charge on any atom is 0.236 e. The van der Waals surface area contributed by atoms with Crippen LogP contribution in [-0.4, -0.2) is 63.9 Å². The number of rotatable bonds is 9. The van der Waals surface area contributed by atoms with Crippen molar-refractivity contribution in [1.82, 2.24) is 10.2 Å². The molecule has 0 radical (unpaired) electrons. The standard InChI is InChI=1S/C12H24N2O3/c1-16-8-4-9-17-10-5-13-11-12(15)14-6-2-3-7-14/h13H,2-11H2,1H3. The number of nitrogens with zero attached hydrogens (tertiary/aromatic N) is 1. The van der Waals surface area contributed by atoms with Crippen LogP contribution in [0.25, 0.3) is 0 Å². The molecule has 0 unspecified atom stereocenters. The number of nitrogens with one attached hydrogen (secondary N) is 1. The van der Waals surface area contributed by atoms with Gasteiger partial charge in [-0.15, -0.1) is 0 Å². The topological polar surface area (TPSA) is 50.8 Å². The minimum absolute atomic E-state index is 0.210. The van der Waals surface area contributed by atoms with Crippen LogP contribution in [0.4, 0.5) is 0 Å². The van der Waals surface area contributed by atoms with Gasteiger partial charge in [0, 0.05) is 40.0 Å². The van der Waals surface area contributed by atoms with E-state index < -0.39 is 0 Å². The van der Waals surface area contributed by atoms with E-state index in [1.807, 2.05) is 4.90 Å². The number of amides is 1. The van der Waals surface area contributed by atoms with E-state index in [4.69, 9.17) is 9.47 Å². The smallest absolute Gasteiger partial charge is 0.236 e. The second-order valence-electron chi connectivity index (χ2n) is 4.22. The molecule has 1 aliphatic rings. The fraction of sp³-hybridized carbons (Fsp3) is 0.917. The van der Waals surface area contributed by atoms with Crippen molar-refractivity contribution in [2.45, 2.75) is 19.3 Å². The lowest BCUT2D eigenvalue weighted by Crippen LogP contribution is -2.37. The first-order valence-electron chi connectivity index (χ1n) is 6.40. The molecule has 1 rings (SSSR count). The van der Waals surface area contributed by atoms with Gasteiger partial charge in [0.2, 0.25) is 5.91 Å². The SMILES string of the molecule is COCCCOCCNCC(=O)N1CCCC1. The summed E-state index contributed by atoms with van der Waals surface area (Å²) in [5, 5.41) is 3.11. The van der Waals surface area contributed by atoms with Gasteiger partial charge in [0.25, 0.3) is 0 Å². The summed E-state index contributed by atoms with van der Waals surface area (Å²) < 4.78 is 10.3. The summed E-state index contributed by atoms with van der Waals surface area (Å²) in [7, 11) is 1.69. The van der Waals surface area contributed by atoms with E-state index >= 15 is 0 Å². The van der Waals surface area contributed by atoms with Crippen LogP contribution < -0.4 is 5.32 Å². The number of likely N-dealkylation sites (tertiary alicyclic amines) is 1. The van der Waals surface area contributed by atoms with Crippen molar-refractivity contribution in [3.05, 3.63) is 0 Å². The van der Waals surface area contributed by atoms with E-state index in [9.17, 15) is 4.79 Å². The van der Waals surface area contributed by atoms with E-state index in [0.717, 1.165) is 52.1 Å². The van der Waals surface area contributed by atoms with Gasteiger partial charge in [-0.1, -0.05) is 0 Å². The molecule has 1 fully saturated rings. The van der Waals surface area contributed by atoms with Crippen molar-refractivity contribution in [3.8, 4) is 0 Å². The predicted octanol–water partition coefficient (Wildman–Crippen LogP) is 0.252. The molecule has 1 amide bonds. The Balaban J connectivity index is 1.85. The maximum absolute atomic E-state index is 11.6. The molecule has 100 valence electrons. The molecule has 0 atom stereocenters. The zero-order valence-corrected chi connectivity index (χ0v) is 10.7. The van der Waals surface area contributed by atoms with Gasteiger partial charge >= 0.3 is 0 Å². The van der Waals surface area contributed by atoms with Gasteiger partial charge < -0.3 is 19.7 Å². The summed E-state index contributed by atoms with van der Waals surface area (Å²) >= 11 is 0. The van der Waals surface area contributed by atoms with Crippen LogP contribution in [0.5, 0.6) is 0 Å². The highest BCUT2D eigenvalue weighted by molar-refractivity contribution is 5.78. The molecule has 1 aliphatic heterocycles. The molecule has 0 aromatic rings. The molecule has 1 saturated heterocycles. The highest BCUT2D eigenvalue weighted by Gasteiger charge is 2.16. The normalized spacial score (nSPS) is 15.5. The lowest BCUT2D eigenvalue weighted by Gasteiger charge is -2.15. The Bertz CT molecular complexity index is 206. The van der Waals surface area contributed by atoms with Gasteiger partial charge in [0.1, 0.15) is 0 Å². The molecular weight excluding hydrogens is 220 g/mol. The number of hydrogen-bond acceptors (Lipinski definition) is 4. The van der Waals surface area contributed by atoms with Crippen LogP contribution in [-0.2, 0) is 14.3 Å². The minimum atomic E-state index is 0.210. The fourth-order valence-electron chi connectivity index (χ4n) is 1.83. The Morgan fingerprint density at radius 2 is 2.00 bits per heavy atom. The van der Waals surface area contributed by atoms with E-state index in [1.165, 1.54) is 0 Å². The average Bonchev–Trinajstić information content (AvgIpc) is 2.86. The molecular formula is C12H24N2O3. The van der Waals surface area contributed by atoms with Crippen molar-refractivity contribution >= 4 is 5.91 Å². The zero-order valence-electron chi connectivity index (χ0n) is 10.7. The highest BCUT2D eigenvalue weighted by atomic mass is 16.5. The molecule has 0 aromatic carbocycles. The number of hydrogen-bond donors (Lipinski definition) is 1. The van der Waals surface area contributed by atoms with Crippen molar-refractivity contribution < 1.29 is 14.3 Å². The number of ether oxygens (including phenoxy) is 2. The fourth-order valence-corrected chi connectivity index (χ4v) is 1.83. The molecule has 5 nitrogen and oxygen atoms in total. The zero-order chi connectivity index (χ0) is 12.3. The second kappa shape index (κ2) is 9.39. The van der Waals surface area contributed by atoms with Crippen LogP contribution in [0.15, 0.2) is 0 Å². The van der Waals surface area contributed by atoms with E-state index in [0.29, 0.717) is 13.2 Å².